The molecule has 2 aromatic rings. The minimum Gasteiger partial charge on any atom is -0.497 e. The van der Waals surface area contributed by atoms with Crippen LogP contribution >= 0.6 is 0 Å². The predicted molar refractivity (Wildman–Crippen MR) is 108 cm³/mol. The number of rotatable bonds is 8. The highest BCUT2D eigenvalue weighted by Gasteiger charge is 2.46. The first-order chi connectivity index (χ1) is 14.4. The molecule has 0 bridgehead atoms. The van der Waals surface area contributed by atoms with Crippen molar-refractivity contribution in [3.05, 3.63) is 54.3 Å². The fraction of sp³-hybridized carbons (Fsp3) is 0.286. The lowest BCUT2D eigenvalue weighted by Gasteiger charge is -2.21. The van der Waals surface area contributed by atoms with E-state index in [0.717, 1.165) is 4.90 Å². The number of imide groups is 1. The first kappa shape index (κ1) is 21.3. The van der Waals surface area contributed by atoms with Crippen LogP contribution in [-0.4, -0.2) is 56.2 Å². The van der Waals surface area contributed by atoms with Crippen LogP contribution in [0.1, 0.15) is 6.42 Å². The molecule has 30 heavy (non-hydrogen) atoms. The molecule has 2 aromatic carbocycles. The van der Waals surface area contributed by atoms with Gasteiger partial charge in [0.1, 0.15) is 17.6 Å². The summed E-state index contributed by atoms with van der Waals surface area (Å²) < 4.78 is 23.3. The molecule has 1 aliphatic heterocycles. The van der Waals surface area contributed by atoms with E-state index in [4.69, 9.17) is 9.47 Å². The Morgan fingerprint density at radius 1 is 1.07 bits per heavy atom. The van der Waals surface area contributed by atoms with E-state index in [1.165, 1.54) is 43.4 Å². The number of nitrogens with zero attached hydrogens (tertiary/aromatic N) is 2. The molecule has 0 unspecified atom stereocenters. The van der Waals surface area contributed by atoms with E-state index >= 15 is 0 Å². The second-order valence-electron chi connectivity index (χ2n) is 6.62. The second-order valence-corrected chi connectivity index (χ2v) is 6.62. The number of anilines is 2. The molecule has 158 valence electrons. The van der Waals surface area contributed by atoms with Crippen molar-refractivity contribution in [1.29, 1.82) is 0 Å². The Hall–Kier alpha value is -3.46. The summed E-state index contributed by atoms with van der Waals surface area (Å²) in [5.41, 5.74) is 0.781. The summed E-state index contributed by atoms with van der Waals surface area (Å²) >= 11 is 0. The fourth-order valence-corrected chi connectivity index (χ4v) is 3.17. The summed E-state index contributed by atoms with van der Waals surface area (Å²) in [6.45, 7) is 0.339. The third kappa shape index (κ3) is 4.57. The number of benzene rings is 2. The van der Waals surface area contributed by atoms with E-state index in [1.807, 2.05) is 0 Å². The highest BCUT2D eigenvalue weighted by Crippen LogP contribution is 2.27. The van der Waals surface area contributed by atoms with Gasteiger partial charge in [-0.25, -0.2) is 14.1 Å². The molecule has 1 aliphatic rings. The minimum absolute atomic E-state index is 0.138. The van der Waals surface area contributed by atoms with E-state index in [0.29, 0.717) is 11.4 Å². The Bertz CT molecular complexity index is 917. The van der Waals surface area contributed by atoms with E-state index in [2.05, 4.69) is 5.32 Å². The van der Waals surface area contributed by atoms with Crippen LogP contribution < -0.4 is 15.0 Å². The van der Waals surface area contributed by atoms with Gasteiger partial charge in [0.25, 0.3) is 5.91 Å². The van der Waals surface area contributed by atoms with Crippen LogP contribution in [0.5, 0.6) is 5.75 Å². The number of methoxy groups -OCH3 is 2. The molecule has 1 N–H and O–H groups in total. The number of ether oxygens (including phenoxy) is 2. The number of hydrogen-bond acceptors (Lipinski definition) is 5. The van der Waals surface area contributed by atoms with E-state index in [1.54, 1.807) is 24.3 Å². The van der Waals surface area contributed by atoms with Crippen molar-refractivity contribution in [2.75, 3.05) is 37.6 Å². The molecule has 1 saturated heterocycles. The second kappa shape index (κ2) is 9.36. The predicted octanol–water partition coefficient (Wildman–Crippen LogP) is 2.65. The van der Waals surface area contributed by atoms with Crippen LogP contribution in [0.25, 0.3) is 0 Å². The van der Waals surface area contributed by atoms with Crippen molar-refractivity contribution < 1.29 is 28.2 Å². The van der Waals surface area contributed by atoms with E-state index in [9.17, 15) is 18.8 Å². The van der Waals surface area contributed by atoms with Crippen molar-refractivity contribution in [3.8, 4) is 5.75 Å². The largest absolute Gasteiger partial charge is 0.497 e. The molecule has 0 radical (unpaired) electrons. The Balaban J connectivity index is 1.77. The van der Waals surface area contributed by atoms with Crippen molar-refractivity contribution in [2.45, 2.75) is 12.5 Å². The Kier molecular flexibility index (Phi) is 6.63. The molecule has 1 heterocycles. The standard InChI is InChI=1S/C21H22FN3O5/c1-29-12-11-24-18(13-19(26)23-15-5-9-17(30-2)10-6-15)20(27)25(21(24)28)16-7-3-14(22)4-8-16/h3-10,18H,11-13H2,1-2H3,(H,23,26)/t18-/m1/s1. The molecule has 8 nitrogen and oxygen atoms in total. The van der Waals surface area contributed by atoms with Crippen LogP contribution in [0.4, 0.5) is 20.6 Å². The van der Waals surface area contributed by atoms with Gasteiger partial charge in [0.15, 0.2) is 0 Å². The zero-order valence-corrected chi connectivity index (χ0v) is 16.6. The SMILES string of the molecule is COCCN1C(=O)N(c2ccc(F)cc2)C(=O)[C@H]1CC(=O)Nc1ccc(OC)cc1. The van der Waals surface area contributed by atoms with Crippen molar-refractivity contribution in [2.24, 2.45) is 0 Å². The van der Waals surface area contributed by atoms with Gasteiger partial charge in [-0.2, -0.15) is 0 Å². The normalized spacial score (nSPS) is 16.2. The number of nitrogens with one attached hydrogen (secondary N) is 1. The molecule has 0 spiro atoms. The maximum absolute atomic E-state index is 13.2. The van der Waals surface area contributed by atoms with Crippen LogP contribution in [0.3, 0.4) is 0 Å². The van der Waals surface area contributed by atoms with Crippen LogP contribution in [0.15, 0.2) is 48.5 Å². The highest BCUT2D eigenvalue weighted by molar-refractivity contribution is 6.22. The van der Waals surface area contributed by atoms with Crippen molar-refractivity contribution in [3.63, 3.8) is 0 Å². The van der Waals surface area contributed by atoms with Gasteiger partial charge in [0.05, 0.1) is 25.8 Å². The number of halogens is 1. The summed E-state index contributed by atoms with van der Waals surface area (Å²) in [6, 6.07) is 10.2. The Morgan fingerprint density at radius 2 is 1.73 bits per heavy atom. The van der Waals surface area contributed by atoms with Crippen LogP contribution in [0, 0.1) is 5.82 Å². The van der Waals surface area contributed by atoms with E-state index in [-0.39, 0.29) is 25.3 Å². The molecule has 1 fully saturated rings. The summed E-state index contributed by atoms with van der Waals surface area (Å²) in [5.74, 6) is -0.808. The molecular weight excluding hydrogens is 393 g/mol. The maximum atomic E-state index is 13.2. The van der Waals surface area contributed by atoms with E-state index < -0.39 is 29.7 Å². The van der Waals surface area contributed by atoms with Gasteiger partial charge < -0.3 is 19.7 Å². The molecule has 4 amide bonds. The zero-order valence-electron chi connectivity index (χ0n) is 16.6. The Labute approximate surface area is 173 Å². The van der Waals surface area contributed by atoms with Gasteiger partial charge in [-0.15, -0.1) is 0 Å². The van der Waals surface area contributed by atoms with Gasteiger partial charge in [-0.3, -0.25) is 9.59 Å². The molecule has 0 saturated carbocycles. The summed E-state index contributed by atoms with van der Waals surface area (Å²) in [6.07, 6.45) is -0.224. The summed E-state index contributed by atoms with van der Waals surface area (Å²) in [7, 11) is 3.02. The first-order valence-electron chi connectivity index (χ1n) is 9.27. The number of carbonyl (C=O) groups excluding carboxylic acids is 3. The lowest BCUT2D eigenvalue weighted by molar-refractivity contribution is -0.124. The number of carbonyl (C=O) groups is 3. The lowest BCUT2D eigenvalue weighted by Crippen LogP contribution is -2.39. The van der Waals surface area contributed by atoms with Gasteiger partial charge in [-0.1, -0.05) is 0 Å². The van der Waals surface area contributed by atoms with Gasteiger partial charge in [-0.05, 0) is 48.5 Å². The third-order valence-corrected chi connectivity index (χ3v) is 4.69. The maximum Gasteiger partial charge on any atom is 0.332 e. The first-order valence-corrected chi connectivity index (χ1v) is 9.27. The molecular formula is C21H22FN3O5. The quantitative estimate of drug-likeness (QED) is 0.670. The van der Waals surface area contributed by atoms with Gasteiger partial charge in [0.2, 0.25) is 5.91 Å². The smallest absolute Gasteiger partial charge is 0.332 e. The number of hydrogen-bond donors (Lipinski definition) is 1. The topological polar surface area (TPSA) is 88.2 Å². The number of amides is 4. The summed E-state index contributed by atoms with van der Waals surface area (Å²) in [5, 5.41) is 2.71. The Morgan fingerprint density at radius 3 is 2.33 bits per heavy atom. The fourth-order valence-electron chi connectivity index (χ4n) is 3.17. The minimum atomic E-state index is -0.990. The monoisotopic (exact) mass is 415 g/mol. The lowest BCUT2D eigenvalue weighted by atomic mass is 10.1. The zero-order chi connectivity index (χ0) is 21.7. The van der Waals surface area contributed by atoms with Crippen LogP contribution in [-0.2, 0) is 14.3 Å². The molecule has 1 atom stereocenters. The molecule has 0 aliphatic carbocycles. The van der Waals surface area contributed by atoms with Crippen LogP contribution in [0.2, 0.25) is 0 Å². The van der Waals surface area contributed by atoms with Gasteiger partial charge in [0, 0.05) is 19.3 Å². The average molecular weight is 415 g/mol. The molecule has 3 rings (SSSR count). The molecule has 9 heteroatoms. The van der Waals surface area contributed by atoms with Crippen molar-refractivity contribution >= 4 is 29.2 Å². The summed E-state index contributed by atoms with van der Waals surface area (Å²) in [4.78, 5) is 40.6. The van der Waals surface area contributed by atoms with Crippen molar-refractivity contribution in [1.82, 2.24) is 4.90 Å². The highest BCUT2D eigenvalue weighted by atomic mass is 19.1. The number of urea groups is 1. The third-order valence-electron chi connectivity index (χ3n) is 4.69. The van der Waals surface area contributed by atoms with Gasteiger partial charge >= 0.3 is 6.03 Å². The molecule has 0 aromatic heterocycles. The average Bonchev–Trinajstić information content (AvgIpc) is 2.97.